The number of hydrogen-bond donors (Lipinski definition) is 1. The molecule has 1 aliphatic heterocycles. The summed E-state index contributed by atoms with van der Waals surface area (Å²) in [4.78, 5) is 12.1. The first-order chi connectivity index (χ1) is 11.7. The molecule has 0 aliphatic carbocycles. The van der Waals surface area contributed by atoms with Crippen LogP contribution >= 0.6 is 0 Å². The van der Waals surface area contributed by atoms with E-state index in [9.17, 15) is 4.79 Å². The zero-order valence-corrected chi connectivity index (χ0v) is 14.6. The van der Waals surface area contributed by atoms with Gasteiger partial charge in [0.05, 0.1) is 0 Å². The fourth-order valence-corrected chi connectivity index (χ4v) is 3.23. The lowest BCUT2D eigenvalue weighted by Crippen LogP contribution is -2.20. The van der Waals surface area contributed by atoms with Crippen LogP contribution in [0.15, 0.2) is 24.3 Å². The summed E-state index contributed by atoms with van der Waals surface area (Å²) in [7, 11) is 0. The number of nitrogens with zero attached hydrogens (tertiary/aromatic N) is 3. The maximum atomic E-state index is 12.1. The number of aromatic nitrogens is 3. The maximum absolute atomic E-state index is 12.1. The third-order valence-corrected chi connectivity index (χ3v) is 4.69. The predicted molar refractivity (Wildman–Crippen MR) is 95.7 cm³/mol. The Morgan fingerprint density at radius 1 is 1.21 bits per heavy atom. The minimum absolute atomic E-state index is 0.0435. The average molecular weight is 326 g/mol. The highest BCUT2D eigenvalue weighted by Crippen LogP contribution is 2.24. The fraction of sp³-hybridized carbons (Fsp3) is 0.526. The molecule has 0 radical (unpaired) electrons. The molecule has 0 fully saturated rings. The van der Waals surface area contributed by atoms with Crippen molar-refractivity contribution in [1.82, 2.24) is 14.8 Å². The molecule has 2 aromatic rings. The Hall–Kier alpha value is -2.17. The SMILES string of the molecule is CCC[C@@H](C)C(=O)Nc1ccc(-c2nnc3n2CCCCC3)cc1. The minimum atomic E-state index is 0.0435. The molecule has 0 saturated heterocycles. The van der Waals surface area contributed by atoms with Gasteiger partial charge in [-0.15, -0.1) is 10.2 Å². The van der Waals surface area contributed by atoms with Crippen molar-refractivity contribution < 1.29 is 4.79 Å². The Labute approximate surface area is 143 Å². The Balaban J connectivity index is 1.73. The van der Waals surface area contributed by atoms with Crippen LogP contribution in [0.1, 0.15) is 51.8 Å². The maximum Gasteiger partial charge on any atom is 0.227 e. The molecule has 1 N–H and O–H groups in total. The van der Waals surface area contributed by atoms with Crippen LogP contribution in [0.5, 0.6) is 0 Å². The van der Waals surface area contributed by atoms with Crippen molar-refractivity contribution in [2.24, 2.45) is 5.92 Å². The number of hydrogen-bond acceptors (Lipinski definition) is 3. The van der Waals surface area contributed by atoms with Gasteiger partial charge in [0.2, 0.25) is 5.91 Å². The van der Waals surface area contributed by atoms with Crippen LogP contribution in [0.4, 0.5) is 5.69 Å². The zero-order valence-electron chi connectivity index (χ0n) is 14.6. The quantitative estimate of drug-likeness (QED) is 0.902. The summed E-state index contributed by atoms with van der Waals surface area (Å²) in [5.74, 6) is 2.15. The fourth-order valence-electron chi connectivity index (χ4n) is 3.23. The Morgan fingerprint density at radius 3 is 2.75 bits per heavy atom. The van der Waals surface area contributed by atoms with Crippen LogP contribution in [-0.4, -0.2) is 20.7 Å². The number of carbonyl (C=O) groups excluding carboxylic acids is 1. The van der Waals surface area contributed by atoms with Gasteiger partial charge < -0.3 is 9.88 Å². The first-order valence-electron chi connectivity index (χ1n) is 9.02. The number of nitrogens with one attached hydrogen (secondary N) is 1. The van der Waals surface area contributed by atoms with E-state index in [1.807, 2.05) is 31.2 Å². The van der Waals surface area contributed by atoms with Crippen molar-refractivity contribution in [2.75, 3.05) is 5.32 Å². The van der Waals surface area contributed by atoms with E-state index in [0.717, 1.165) is 48.7 Å². The van der Waals surface area contributed by atoms with E-state index in [4.69, 9.17) is 0 Å². The molecule has 0 spiro atoms. The van der Waals surface area contributed by atoms with E-state index in [0.29, 0.717) is 0 Å². The molecule has 1 aliphatic rings. The van der Waals surface area contributed by atoms with Gasteiger partial charge in [0, 0.05) is 30.1 Å². The van der Waals surface area contributed by atoms with Crippen LogP contribution in [0.25, 0.3) is 11.4 Å². The van der Waals surface area contributed by atoms with E-state index in [1.165, 1.54) is 19.3 Å². The largest absolute Gasteiger partial charge is 0.326 e. The Kier molecular flexibility index (Phi) is 5.28. The standard InChI is InChI=1S/C19H26N4O/c1-3-7-14(2)19(24)20-16-11-9-15(10-12-16)18-22-21-17-8-5-4-6-13-23(17)18/h9-12,14H,3-8,13H2,1-2H3,(H,20,24)/t14-/m1/s1. The van der Waals surface area contributed by atoms with E-state index in [-0.39, 0.29) is 11.8 Å². The highest BCUT2D eigenvalue weighted by atomic mass is 16.1. The van der Waals surface area contributed by atoms with Crippen molar-refractivity contribution in [2.45, 2.75) is 58.9 Å². The summed E-state index contributed by atoms with van der Waals surface area (Å²) < 4.78 is 2.24. The molecule has 24 heavy (non-hydrogen) atoms. The van der Waals surface area contributed by atoms with Crippen molar-refractivity contribution >= 4 is 11.6 Å². The molecule has 1 aromatic carbocycles. The summed E-state index contributed by atoms with van der Waals surface area (Å²) in [6, 6.07) is 7.93. The monoisotopic (exact) mass is 326 g/mol. The number of fused-ring (bicyclic) bond motifs is 1. The lowest BCUT2D eigenvalue weighted by atomic mass is 10.1. The minimum Gasteiger partial charge on any atom is -0.326 e. The van der Waals surface area contributed by atoms with Crippen molar-refractivity contribution in [3.8, 4) is 11.4 Å². The summed E-state index contributed by atoms with van der Waals surface area (Å²) in [6.45, 7) is 5.06. The van der Waals surface area contributed by atoms with Crippen LogP contribution in [-0.2, 0) is 17.8 Å². The highest BCUT2D eigenvalue weighted by molar-refractivity contribution is 5.92. The second-order valence-corrected chi connectivity index (χ2v) is 6.66. The molecule has 1 aromatic heterocycles. The Bertz CT molecular complexity index is 690. The van der Waals surface area contributed by atoms with Gasteiger partial charge in [-0.2, -0.15) is 0 Å². The van der Waals surface area contributed by atoms with E-state index in [1.54, 1.807) is 0 Å². The number of rotatable bonds is 5. The molecule has 5 nitrogen and oxygen atoms in total. The van der Waals surface area contributed by atoms with Crippen molar-refractivity contribution in [1.29, 1.82) is 0 Å². The zero-order chi connectivity index (χ0) is 16.9. The smallest absolute Gasteiger partial charge is 0.227 e. The summed E-state index contributed by atoms with van der Waals surface area (Å²) in [6.07, 6.45) is 6.57. The molecular weight excluding hydrogens is 300 g/mol. The Morgan fingerprint density at radius 2 is 2.00 bits per heavy atom. The van der Waals surface area contributed by atoms with E-state index < -0.39 is 0 Å². The van der Waals surface area contributed by atoms with E-state index in [2.05, 4.69) is 27.0 Å². The molecule has 0 bridgehead atoms. The molecular formula is C19H26N4O. The van der Waals surface area contributed by atoms with Gasteiger partial charge in [-0.1, -0.05) is 26.7 Å². The molecule has 3 rings (SSSR count). The van der Waals surface area contributed by atoms with Gasteiger partial charge in [-0.25, -0.2) is 0 Å². The van der Waals surface area contributed by atoms with E-state index >= 15 is 0 Å². The molecule has 1 amide bonds. The molecule has 1 atom stereocenters. The number of carbonyl (C=O) groups is 1. The number of amides is 1. The number of benzene rings is 1. The van der Waals surface area contributed by atoms with Crippen LogP contribution in [0.3, 0.4) is 0 Å². The van der Waals surface area contributed by atoms with Crippen LogP contribution < -0.4 is 5.32 Å². The van der Waals surface area contributed by atoms with Gasteiger partial charge in [0.1, 0.15) is 5.82 Å². The molecule has 2 heterocycles. The second-order valence-electron chi connectivity index (χ2n) is 6.66. The van der Waals surface area contributed by atoms with Gasteiger partial charge in [0.25, 0.3) is 0 Å². The molecule has 128 valence electrons. The van der Waals surface area contributed by atoms with Gasteiger partial charge in [-0.05, 0) is 43.5 Å². The average Bonchev–Trinajstić information content (AvgIpc) is 2.84. The molecule has 5 heteroatoms. The first-order valence-corrected chi connectivity index (χ1v) is 9.02. The summed E-state index contributed by atoms with van der Waals surface area (Å²) in [5, 5.41) is 11.7. The number of aryl methyl sites for hydroxylation is 1. The van der Waals surface area contributed by atoms with Gasteiger partial charge in [-0.3, -0.25) is 4.79 Å². The lowest BCUT2D eigenvalue weighted by Gasteiger charge is -2.12. The van der Waals surface area contributed by atoms with Crippen molar-refractivity contribution in [3.63, 3.8) is 0 Å². The molecule has 0 unspecified atom stereocenters. The summed E-state index contributed by atoms with van der Waals surface area (Å²) >= 11 is 0. The second kappa shape index (κ2) is 7.60. The van der Waals surface area contributed by atoms with Gasteiger partial charge >= 0.3 is 0 Å². The van der Waals surface area contributed by atoms with Crippen molar-refractivity contribution in [3.05, 3.63) is 30.1 Å². The normalized spacial score (nSPS) is 15.4. The predicted octanol–water partition coefficient (Wildman–Crippen LogP) is 4.05. The first kappa shape index (κ1) is 16.7. The molecule has 0 saturated carbocycles. The lowest BCUT2D eigenvalue weighted by molar-refractivity contribution is -0.119. The summed E-state index contributed by atoms with van der Waals surface area (Å²) in [5.41, 5.74) is 1.89. The third kappa shape index (κ3) is 3.66. The highest BCUT2D eigenvalue weighted by Gasteiger charge is 2.16. The number of anilines is 1. The topological polar surface area (TPSA) is 59.8 Å². The van der Waals surface area contributed by atoms with Gasteiger partial charge in [0.15, 0.2) is 5.82 Å². The third-order valence-electron chi connectivity index (χ3n) is 4.69. The van der Waals surface area contributed by atoms with Crippen LogP contribution in [0.2, 0.25) is 0 Å². The van der Waals surface area contributed by atoms with Crippen LogP contribution in [0, 0.1) is 5.92 Å².